The molecule has 0 aromatic heterocycles. The summed E-state index contributed by atoms with van der Waals surface area (Å²) in [6.07, 6.45) is 0. The summed E-state index contributed by atoms with van der Waals surface area (Å²) < 4.78 is 5.01. The number of anilines is 1. The van der Waals surface area contributed by atoms with Gasteiger partial charge in [0.25, 0.3) is 0 Å². The molecule has 0 radical (unpaired) electrons. The van der Waals surface area contributed by atoms with Gasteiger partial charge in [-0.1, -0.05) is 6.07 Å². The number of hydrogen-bond donors (Lipinski definition) is 2. The first kappa shape index (κ1) is 10.5. The van der Waals surface area contributed by atoms with Crippen molar-refractivity contribution in [1.82, 2.24) is 0 Å². The molecule has 5 heteroatoms. The topological polar surface area (TPSA) is 38.3 Å². The third-order valence-corrected chi connectivity index (χ3v) is 4.42. The number of carbonyl (C=O) groups is 1. The molecule has 0 unspecified atom stereocenters. The number of benzene rings is 1. The Morgan fingerprint density at radius 1 is 1.44 bits per heavy atom. The van der Waals surface area contributed by atoms with Crippen molar-refractivity contribution in [2.75, 3.05) is 24.3 Å². The van der Waals surface area contributed by atoms with Crippen LogP contribution in [0.4, 0.5) is 5.69 Å². The van der Waals surface area contributed by atoms with E-state index in [0.717, 1.165) is 16.1 Å². The van der Waals surface area contributed by atoms with Crippen LogP contribution in [-0.2, 0) is 14.3 Å². The number of fused-ring (bicyclic) bond motifs is 1. The highest BCUT2D eigenvalue weighted by Gasteiger charge is 2.37. The molecule has 3 nitrogen and oxygen atoms in total. The van der Waals surface area contributed by atoms with Gasteiger partial charge in [0.1, 0.15) is 0 Å². The van der Waals surface area contributed by atoms with Crippen LogP contribution >= 0.6 is 24.4 Å². The van der Waals surface area contributed by atoms with E-state index in [4.69, 9.17) is 4.74 Å². The van der Waals surface area contributed by atoms with Gasteiger partial charge in [-0.25, -0.2) is 0 Å². The van der Waals surface area contributed by atoms with Gasteiger partial charge in [-0.2, -0.15) is 12.6 Å². The lowest BCUT2D eigenvalue weighted by atomic mass is 9.96. The largest absolute Gasteiger partial charge is 0.378 e. The van der Waals surface area contributed by atoms with E-state index in [2.05, 4.69) is 24.0 Å². The van der Waals surface area contributed by atoms with Gasteiger partial charge in [0.05, 0.1) is 29.4 Å². The molecular formula is C11H11NO2S2. The predicted molar refractivity (Wildman–Crippen MR) is 67.3 cm³/mol. The number of nitrogens with one attached hydrogen (secondary N) is 1. The molecule has 1 saturated heterocycles. The Kier molecular flexibility index (Phi) is 2.42. The van der Waals surface area contributed by atoms with Gasteiger partial charge in [0, 0.05) is 4.90 Å². The minimum atomic E-state index is -0.179. The van der Waals surface area contributed by atoms with E-state index in [0.29, 0.717) is 19.0 Å². The fraction of sp³-hybridized carbons (Fsp3) is 0.364. The van der Waals surface area contributed by atoms with E-state index in [1.807, 2.05) is 12.1 Å². The smallest absolute Gasteiger partial charge is 0.234 e. The number of rotatable bonds is 1. The van der Waals surface area contributed by atoms with E-state index in [-0.39, 0.29) is 10.7 Å². The van der Waals surface area contributed by atoms with Crippen LogP contribution in [0.25, 0.3) is 0 Å². The Labute approximate surface area is 103 Å². The molecule has 16 heavy (non-hydrogen) atoms. The molecule has 1 fully saturated rings. The number of hydrogen-bond acceptors (Lipinski definition) is 4. The lowest BCUT2D eigenvalue weighted by molar-refractivity contribution is -0.113. The highest BCUT2D eigenvalue weighted by atomic mass is 32.2. The maximum Gasteiger partial charge on any atom is 0.234 e. The highest BCUT2D eigenvalue weighted by molar-refractivity contribution is 8.00. The van der Waals surface area contributed by atoms with E-state index in [1.165, 1.54) is 0 Å². The van der Waals surface area contributed by atoms with Crippen molar-refractivity contribution in [2.45, 2.75) is 9.64 Å². The normalized spacial score (nSPS) is 21.9. The molecule has 1 aromatic carbocycles. The number of thiol groups is 1. The lowest BCUT2D eigenvalue weighted by Crippen LogP contribution is -2.41. The Hall–Kier alpha value is -0.650. The Bertz CT molecular complexity index is 457. The summed E-state index contributed by atoms with van der Waals surface area (Å²) in [7, 11) is 0. The summed E-state index contributed by atoms with van der Waals surface area (Å²) in [5, 5.41) is 2.89. The first-order chi connectivity index (χ1) is 7.67. The van der Waals surface area contributed by atoms with Crippen molar-refractivity contribution in [3.8, 4) is 0 Å². The monoisotopic (exact) mass is 253 g/mol. The molecule has 0 bridgehead atoms. The second kappa shape index (κ2) is 3.68. The lowest BCUT2D eigenvalue weighted by Gasteiger charge is -2.38. The molecule has 84 valence electrons. The molecular weight excluding hydrogens is 242 g/mol. The molecule has 0 atom stereocenters. The molecule has 0 spiro atoms. The van der Waals surface area contributed by atoms with Gasteiger partial charge in [-0.05, 0) is 17.7 Å². The third kappa shape index (κ3) is 1.63. The van der Waals surface area contributed by atoms with Crippen molar-refractivity contribution in [1.29, 1.82) is 0 Å². The Morgan fingerprint density at radius 3 is 2.94 bits per heavy atom. The fourth-order valence-electron chi connectivity index (χ4n) is 1.83. The van der Waals surface area contributed by atoms with Gasteiger partial charge in [0.15, 0.2) is 0 Å². The minimum Gasteiger partial charge on any atom is -0.378 e. The summed E-state index contributed by atoms with van der Waals surface area (Å²) in [4.78, 5) is 12.4. The zero-order chi connectivity index (χ0) is 11.2. The third-order valence-electron chi connectivity index (χ3n) is 2.83. The molecule has 2 aliphatic heterocycles. The van der Waals surface area contributed by atoms with Crippen LogP contribution in [0.5, 0.6) is 0 Å². The summed E-state index contributed by atoms with van der Waals surface area (Å²) >= 11 is 6.18. The number of thioether (sulfide) groups is 1. The van der Waals surface area contributed by atoms with Crippen LogP contribution in [-0.4, -0.2) is 24.9 Å². The van der Waals surface area contributed by atoms with Gasteiger partial charge in [-0.3, -0.25) is 4.79 Å². The van der Waals surface area contributed by atoms with Crippen molar-refractivity contribution >= 4 is 36.0 Å². The van der Waals surface area contributed by atoms with Crippen molar-refractivity contribution in [2.24, 2.45) is 0 Å². The quantitative estimate of drug-likeness (QED) is 0.751. The molecule has 1 amide bonds. The van der Waals surface area contributed by atoms with Crippen LogP contribution in [0.15, 0.2) is 23.1 Å². The van der Waals surface area contributed by atoms with Crippen LogP contribution < -0.4 is 5.32 Å². The summed E-state index contributed by atoms with van der Waals surface area (Å²) in [6.45, 7) is 1.27. The van der Waals surface area contributed by atoms with Crippen LogP contribution in [0.1, 0.15) is 5.56 Å². The maximum atomic E-state index is 11.3. The van der Waals surface area contributed by atoms with Gasteiger partial charge < -0.3 is 10.1 Å². The molecule has 1 aromatic rings. The van der Waals surface area contributed by atoms with E-state index < -0.39 is 0 Å². The molecule has 0 saturated carbocycles. The first-order valence-electron chi connectivity index (χ1n) is 5.05. The van der Waals surface area contributed by atoms with Crippen LogP contribution in [0.2, 0.25) is 0 Å². The predicted octanol–water partition coefficient (Wildman–Crippen LogP) is 1.89. The zero-order valence-corrected chi connectivity index (χ0v) is 10.2. The van der Waals surface area contributed by atoms with Crippen molar-refractivity contribution < 1.29 is 9.53 Å². The van der Waals surface area contributed by atoms with E-state index in [9.17, 15) is 4.79 Å². The van der Waals surface area contributed by atoms with Gasteiger partial charge >= 0.3 is 0 Å². The summed E-state index contributed by atoms with van der Waals surface area (Å²) in [6, 6.07) is 6.12. The average Bonchev–Trinajstić information content (AvgIpc) is 2.25. The molecule has 1 N–H and O–H groups in total. The Morgan fingerprint density at radius 2 is 2.25 bits per heavy atom. The number of amides is 1. The van der Waals surface area contributed by atoms with E-state index in [1.54, 1.807) is 11.8 Å². The Balaban J connectivity index is 1.98. The second-order valence-electron chi connectivity index (χ2n) is 4.07. The van der Waals surface area contributed by atoms with Crippen LogP contribution in [0.3, 0.4) is 0 Å². The molecule has 3 rings (SSSR count). The number of carbonyl (C=O) groups excluding carboxylic acids is 1. The van der Waals surface area contributed by atoms with E-state index >= 15 is 0 Å². The molecule has 0 aliphatic carbocycles. The first-order valence-corrected chi connectivity index (χ1v) is 6.48. The number of ether oxygens (including phenoxy) is 1. The SMILES string of the molecule is O=C1CSc2ccc(C3(S)COC3)cc2N1. The minimum absolute atomic E-state index is 0.0627. The maximum absolute atomic E-state index is 11.3. The molecule has 2 heterocycles. The zero-order valence-electron chi connectivity index (χ0n) is 8.53. The second-order valence-corrected chi connectivity index (χ2v) is 5.95. The highest BCUT2D eigenvalue weighted by Crippen LogP contribution is 2.40. The standard InChI is InChI=1S/C11H11NO2S2/c13-10-4-16-9-2-1-7(3-8(9)12-10)11(15)5-14-6-11/h1-3,15H,4-6H2,(H,12,13). The molecule has 2 aliphatic rings. The van der Waals surface area contributed by atoms with Crippen molar-refractivity contribution in [3.05, 3.63) is 23.8 Å². The van der Waals surface area contributed by atoms with Gasteiger partial charge in [0.2, 0.25) is 5.91 Å². The van der Waals surface area contributed by atoms with Crippen LogP contribution in [0, 0.1) is 0 Å². The average molecular weight is 253 g/mol. The summed E-state index contributed by atoms with van der Waals surface area (Å²) in [5.41, 5.74) is 2.02. The van der Waals surface area contributed by atoms with Gasteiger partial charge in [-0.15, -0.1) is 11.8 Å². The fourth-order valence-corrected chi connectivity index (χ4v) is 2.94. The van der Waals surface area contributed by atoms with Crippen molar-refractivity contribution in [3.63, 3.8) is 0 Å². The summed E-state index contributed by atoms with van der Waals surface area (Å²) in [5.74, 6) is 0.564.